The number of ether oxygens (including phenoxy) is 1. The smallest absolute Gasteiger partial charge is 0.232 e. The van der Waals surface area contributed by atoms with E-state index in [9.17, 15) is 4.79 Å². The summed E-state index contributed by atoms with van der Waals surface area (Å²) in [4.78, 5) is 18.6. The minimum absolute atomic E-state index is 0.0209. The van der Waals surface area contributed by atoms with E-state index in [-0.39, 0.29) is 11.8 Å². The molecule has 1 amide bonds. The van der Waals surface area contributed by atoms with Crippen LogP contribution in [-0.4, -0.2) is 29.7 Å². The van der Waals surface area contributed by atoms with E-state index in [0.717, 1.165) is 5.56 Å². The molecule has 4 rings (SSSR count). The third kappa shape index (κ3) is 3.50. The van der Waals surface area contributed by atoms with Crippen LogP contribution in [0, 0.1) is 0 Å². The number of anilines is 1. The van der Waals surface area contributed by atoms with Crippen LogP contribution in [0.1, 0.15) is 18.2 Å². The van der Waals surface area contributed by atoms with Crippen molar-refractivity contribution in [3.63, 3.8) is 0 Å². The van der Waals surface area contributed by atoms with Crippen molar-refractivity contribution in [2.24, 2.45) is 0 Å². The molecule has 1 atom stereocenters. The molecule has 3 aromatic rings. The molecule has 1 aliphatic heterocycles. The van der Waals surface area contributed by atoms with Crippen LogP contribution in [0.15, 0.2) is 47.0 Å². The summed E-state index contributed by atoms with van der Waals surface area (Å²) in [7, 11) is 1.55. The highest BCUT2D eigenvalue weighted by Crippen LogP contribution is 2.35. The van der Waals surface area contributed by atoms with Crippen molar-refractivity contribution in [3.8, 4) is 17.1 Å². The lowest BCUT2D eigenvalue weighted by Crippen LogP contribution is -2.24. The molecule has 1 aromatic heterocycles. The van der Waals surface area contributed by atoms with Gasteiger partial charge in [0.05, 0.1) is 18.1 Å². The van der Waals surface area contributed by atoms with Crippen molar-refractivity contribution in [1.29, 1.82) is 0 Å². The number of rotatable bonds is 4. The number of methoxy groups -OCH3 is 1. The summed E-state index contributed by atoms with van der Waals surface area (Å²) < 4.78 is 10.6. The lowest BCUT2D eigenvalue weighted by Gasteiger charge is -2.17. The van der Waals surface area contributed by atoms with E-state index in [2.05, 4.69) is 10.1 Å². The maximum absolute atomic E-state index is 12.5. The number of carbonyl (C=O) groups is 1. The second-order valence-corrected chi connectivity index (χ2v) is 7.03. The predicted molar refractivity (Wildman–Crippen MR) is 102 cm³/mol. The Morgan fingerprint density at radius 3 is 2.67 bits per heavy atom. The van der Waals surface area contributed by atoms with Crippen LogP contribution in [0.2, 0.25) is 10.0 Å². The van der Waals surface area contributed by atoms with Gasteiger partial charge < -0.3 is 14.2 Å². The maximum Gasteiger partial charge on any atom is 0.232 e. The number of carbonyl (C=O) groups excluding carboxylic acids is 1. The number of hydrogen-bond donors (Lipinski definition) is 0. The summed E-state index contributed by atoms with van der Waals surface area (Å²) in [5.41, 5.74) is 1.52. The fourth-order valence-electron chi connectivity index (χ4n) is 3.06. The third-order valence-corrected chi connectivity index (χ3v) is 5.01. The van der Waals surface area contributed by atoms with Crippen molar-refractivity contribution in [2.75, 3.05) is 18.6 Å². The summed E-state index contributed by atoms with van der Waals surface area (Å²) in [6.45, 7) is 0.448. The highest BCUT2D eigenvalue weighted by atomic mass is 35.5. The fraction of sp³-hybridized carbons (Fsp3) is 0.211. The van der Waals surface area contributed by atoms with E-state index < -0.39 is 0 Å². The summed E-state index contributed by atoms with van der Waals surface area (Å²) in [6.07, 6.45) is 0.298. The van der Waals surface area contributed by atoms with Gasteiger partial charge in [0.25, 0.3) is 0 Å². The molecule has 1 fully saturated rings. The molecule has 0 spiro atoms. The van der Waals surface area contributed by atoms with Gasteiger partial charge in [-0.3, -0.25) is 4.79 Å². The van der Waals surface area contributed by atoms with E-state index >= 15 is 0 Å². The van der Waals surface area contributed by atoms with E-state index in [1.54, 1.807) is 42.3 Å². The zero-order chi connectivity index (χ0) is 19.0. The summed E-state index contributed by atoms with van der Waals surface area (Å²) in [5, 5.41) is 5.11. The van der Waals surface area contributed by atoms with Gasteiger partial charge in [-0.2, -0.15) is 4.98 Å². The number of nitrogens with zero attached hydrogens (tertiary/aromatic N) is 3. The van der Waals surface area contributed by atoms with Gasteiger partial charge in [0.2, 0.25) is 17.6 Å². The van der Waals surface area contributed by atoms with Gasteiger partial charge in [-0.05, 0) is 42.5 Å². The Morgan fingerprint density at radius 2 is 1.96 bits per heavy atom. The molecule has 8 heteroatoms. The zero-order valence-corrected chi connectivity index (χ0v) is 15.9. The molecule has 27 heavy (non-hydrogen) atoms. The number of hydrogen-bond acceptors (Lipinski definition) is 5. The summed E-state index contributed by atoms with van der Waals surface area (Å²) in [6, 6.07) is 12.4. The molecule has 1 aliphatic rings. The van der Waals surface area contributed by atoms with Crippen LogP contribution in [0.3, 0.4) is 0 Å². The number of benzene rings is 2. The first-order valence-electron chi connectivity index (χ1n) is 8.28. The monoisotopic (exact) mass is 403 g/mol. The average Bonchev–Trinajstić information content (AvgIpc) is 3.29. The van der Waals surface area contributed by atoms with E-state index in [4.69, 9.17) is 32.5 Å². The normalized spacial score (nSPS) is 16.8. The Labute approximate surface area is 165 Å². The first kappa shape index (κ1) is 17.8. The Bertz CT molecular complexity index is 988. The predicted octanol–water partition coefficient (Wildman–Crippen LogP) is 4.57. The van der Waals surface area contributed by atoms with Gasteiger partial charge in [-0.1, -0.05) is 28.4 Å². The van der Waals surface area contributed by atoms with E-state index in [0.29, 0.717) is 46.2 Å². The van der Waals surface area contributed by atoms with Gasteiger partial charge in [0.15, 0.2) is 0 Å². The zero-order valence-electron chi connectivity index (χ0n) is 14.4. The van der Waals surface area contributed by atoms with Gasteiger partial charge in [0.1, 0.15) is 5.75 Å². The SMILES string of the molecule is COc1ccc(N2CC(c3nc(-c4ccc(Cl)cc4)no3)CC2=O)cc1Cl. The standard InChI is InChI=1S/C19H15Cl2N3O3/c1-26-16-7-6-14(9-15(16)21)24-10-12(8-17(24)25)19-22-18(23-27-19)11-2-4-13(20)5-3-11/h2-7,9,12H,8,10H2,1H3. The molecule has 2 aromatic carbocycles. The highest BCUT2D eigenvalue weighted by Gasteiger charge is 2.35. The van der Waals surface area contributed by atoms with Crippen molar-refractivity contribution in [1.82, 2.24) is 10.1 Å². The minimum Gasteiger partial charge on any atom is -0.495 e. The number of halogens is 2. The molecular weight excluding hydrogens is 389 g/mol. The number of aromatic nitrogens is 2. The summed E-state index contributed by atoms with van der Waals surface area (Å²) >= 11 is 12.1. The molecule has 2 heterocycles. The van der Waals surface area contributed by atoms with Gasteiger partial charge in [-0.15, -0.1) is 0 Å². The molecule has 6 nitrogen and oxygen atoms in total. The van der Waals surface area contributed by atoms with Gasteiger partial charge in [-0.25, -0.2) is 0 Å². The maximum atomic E-state index is 12.5. The fourth-order valence-corrected chi connectivity index (χ4v) is 3.44. The largest absolute Gasteiger partial charge is 0.495 e. The summed E-state index contributed by atoms with van der Waals surface area (Å²) in [5.74, 6) is 1.28. The minimum atomic E-state index is -0.174. The lowest BCUT2D eigenvalue weighted by atomic mass is 10.1. The molecule has 1 saturated heterocycles. The van der Waals surface area contributed by atoms with Crippen molar-refractivity contribution >= 4 is 34.8 Å². The Kier molecular flexibility index (Phi) is 4.76. The topological polar surface area (TPSA) is 68.5 Å². The molecule has 0 aliphatic carbocycles. The van der Waals surface area contributed by atoms with Crippen molar-refractivity contribution in [2.45, 2.75) is 12.3 Å². The van der Waals surface area contributed by atoms with E-state index in [1.165, 1.54) is 0 Å². The van der Waals surface area contributed by atoms with Crippen LogP contribution >= 0.6 is 23.2 Å². The second-order valence-electron chi connectivity index (χ2n) is 6.19. The Hall–Kier alpha value is -2.57. The van der Waals surface area contributed by atoms with Gasteiger partial charge >= 0.3 is 0 Å². The first-order chi connectivity index (χ1) is 13.0. The Balaban J connectivity index is 1.54. The first-order valence-corrected chi connectivity index (χ1v) is 9.04. The highest BCUT2D eigenvalue weighted by molar-refractivity contribution is 6.32. The van der Waals surface area contributed by atoms with Crippen LogP contribution in [-0.2, 0) is 4.79 Å². The molecule has 0 bridgehead atoms. The Morgan fingerprint density at radius 1 is 1.19 bits per heavy atom. The lowest BCUT2D eigenvalue weighted by molar-refractivity contribution is -0.117. The molecule has 1 unspecified atom stereocenters. The molecular formula is C19H15Cl2N3O3. The molecule has 0 N–H and O–H groups in total. The average molecular weight is 404 g/mol. The third-order valence-electron chi connectivity index (χ3n) is 4.47. The van der Waals surface area contributed by atoms with Crippen molar-refractivity contribution in [3.05, 3.63) is 58.4 Å². The molecule has 0 saturated carbocycles. The second kappa shape index (κ2) is 7.21. The van der Waals surface area contributed by atoms with Crippen LogP contribution < -0.4 is 9.64 Å². The van der Waals surface area contributed by atoms with Gasteiger partial charge in [0, 0.05) is 29.2 Å². The number of amides is 1. The molecule has 0 radical (unpaired) electrons. The van der Waals surface area contributed by atoms with Crippen LogP contribution in [0.5, 0.6) is 5.75 Å². The molecule has 138 valence electrons. The van der Waals surface area contributed by atoms with Crippen LogP contribution in [0.4, 0.5) is 5.69 Å². The van der Waals surface area contributed by atoms with Crippen molar-refractivity contribution < 1.29 is 14.1 Å². The quantitative estimate of drug-likeness (QED) is 0.637. The van der Waals surface area contributed by atoms with E-state index in [1.807, 2.05) is 12.1 Å². The van der Waals surface area contributed by atoms with Crippen LogP contribution in [0.25, 0.3) is 11.4 Å².